The van der Waals surface area contributed by atoms with Crippen LogP contribution in [-0.2, 0) is 9.47 Å². The Kier molecular flexibility index (Phi) is 4.61. The molecule has 0 amide bonds. The van der Waals surface area contributed by atoms with Crippen molar-refractivity contribution in [3.8, 4) is 0 Å². The van der Waals surface area contributed by atoms with E-state index in [9.17, 15) is 0 Å². The van der Waals surface area contributed by atoms with Gasteiger partial charge in [0.25, 0.3) is 0 Å². The van der Waals surface area contributed by atoms with E-state index in [0.29, 0.717) is 29.3 Å². The summed E-state index contributed by atoms with van der Waals surface area (Å²) in [7, 11) is 0. The maximum atomic E-state index is 6.63. The van der Waals surface area contributed by atoms with Crippen molar-refractivity contribution < 1.29 is 9.47 Å². The van der Waals surface area contributed by atoms with Gasteiger partial charge in [0.05, 0.1) is 28.5 Å². The molecular formula is C18H26ClN3O2S. The van der Waals surface area contributed by atoms with Crippen molar-refractivity contribution in [1.29, 1.82) is 0 Å². The Hall–Kier alpha value is -0.660. The van der Waals surface area contributed by atoms with Gasteiger partial charge in [0.2, 0.25) is 0 Å². The largest absolute Gasteiger partial charge is 0.398 e. The summed E-state index contributed by atoms with van der Waals surface area (Å²) in [6.45, 7) is 5.10. The van der Waals surface area contributed by atoms with Crippen molar-refractivity contribution in [2.45, 2.75) is 56.6 Å². The van der Waals surface area contributed by atoms with Crippen LogP contribution >= 0.6 is 23.5 Å². The standard InChI is InChI=1S/C18H26ClN3O2S/c1-3-25-22-15-10-17(2)9-12-16(23-7-6-18(12,15)24-17)21-11-4-5-14(20)13(19)8-11/h4-5,8,12,15-16,21-22H,3,6-7,9-10,20H2,1-2H3/t12-,15?,16-,17?,18?/m0/s1. The highest BCUT2D eigenvalue weighted by atomic mass is 35.5. The van der Waals surface area contributed by atoms with Gasteiger partial charge in [-0.25, -0.2) is 0 Å². The molecular weight excluding hydrogens is 358 g/mol. The first-order valence-corrected chi connectivity index (χ1v) is 10.3. The molecule has 7 heteroatoms. The average molecular weight is 384 g/mol. The Bertz CT molecular complexity index is 663. The van der Waals surface area contributed by atoms with E-state index >= 15 is 0 Å². The number of anilines is 2. The van der Waals surface area contributed by atoms with Crippen molar-refractivity contribution in [2.24, 2.45) is 5.92 Å². The molecule has 0 aliphatic carbocycles. The highest BCUT2D eigenvalue weighted by molar-refractivity contribution is 7.97. The molecule has 138 valence electrons. The Morgan fingerprint density at radius 2 is 2.24 bits per heavy atom. The molecule has 4 rings (SSSR count). The smallest absolute Gasteiger partial charge is 0.133 e. The van der Waals surface area contributed by atoms with E-state index in [1.54, 1.807) is 11.9 Å². The number of hydrogen-bond acceptors (Lipinski definition) is 6. The molecule has 1 aromatic rings. The summed E-state index contributed by atoms with van der Waals surface area (Å²) < 4.78 is 16.4. The van der Waals surface area contributed by atoms with Crippen molar-refractivity contribution >= 4 is 34.9 Å². The molecule has 3 aliphatic rings. The van der Waals surface area contributed by atoms with Crippen molar-refractivity contribution in [3.63, 3.8) is 0 Å². The van der Waals surface area contributed by atoms with Crippen molar-refractivity contribution in [3.05, 3.63) is 23.2 Å². The number of nitrogen functional groups attached to an aromatic ring is 1. The summed E-state index contributed by atoms with van der Waals surface area (Å²) in [5, 5.41) is 4.08. The number of rotatable bonds is 5. The zero-order chi connectivity index (χ0) is 17.7. The zero-order valence-electron chi connectivity index (χ0n) is 14.7. The van der Waals surface area contributed by atoms with E-state index in [2.05, 4.69) is 23.9 Å². The van der Waals surface area contributed by atoms with Gasteiger partial charge in [-0.15, -0.1) is 0 Å². The summed E-state index contributed by atoms with van der Waals surface area (Å²) in [4.78, 5) is 0. The van der Waals surface area contributed by atoms with E-state index in [4.69, 9.17) is 26.8 Å². The Balaban J connectivity index is 1.56. The van der Waals surface area contributed by atoms with Gasteiger partial charge >= 0.3 is 0 Å². The number of benzene rings is 1. The lowest BCUT2D eigenvalue weighted by Gasteiger charge is -2.46. The molecule has 5 atom stereocenters. The van der Waals surface area contributed by atoms with Crippen LogP contribution in [0.25, 0.3) is 0 Å². The lowest BCUT2D eigenvalue weighted by Crippen LogP contribution is -2.59. The summed E-state index contributed by atoms with van der Waals surface area (Å²) in [5.41, 5.74) is 7.12. The van der Waals surface area contributed by atoms with Gasteiger partial charge in [-0.3, -0.25) is 4.72 Å². The fourth-order valence-electron chi connectivity index (χ4n) is 4.76. The van der Waals surface area contributed by atoms with Gasteiger partial charge in [-0.05, 0) is 38.0 Å². The lowest BCUT2D eigenvalue weighted by molar-refractivity contribution is -0.134. The maximum Gasteiger partial charge on any atom is 0.133 e. The minimum absolute atomic E-state index is 0.0664. The fraction of sp³-hybridized carbons (Fsp3) is 0.667. The highest BCUT2D eigenvalue weighted by Crippen LogP contribution is 2.58. The number of ether oxygens (including phenoxy) is 2. The third kappa shape index (κ3) is 3.02. The SMILES string of the molecule is CCSNC1CC2(C)C[C@H]3[C@@H](Nc4ccc(N)c(Cl)c4)OCCC13O2. The number of nitrogens with two attached hydrogens (primary N) is 1. The van der Waals surface area contributed by atoms with Crippen LogP contribution in [0.5, 0.6) is 0 Å². The first-order valence-electron chi connectivity index (χ1n) is 8.96. The highest BCUT2D eigenvalue weighted by Gasteiger charge is 2.67. The van der Waals surface area contributed by atoms with Crippen LogP contribution in [0.4, 0.5) is 11.4 Å². The van der Waals surface area contributed by atoms with Crippen LogP contribution in [0.15, 0.2) is 18.2 Å². The second-order valence-electron chi connectivity index (χ2n) is 7.55. The monoisotopic (exact) mass is 383 g/mol. The third-order valence-corrected chi connectivity index (χ3v) is 6.84. The Labute approximate surface area is 158 Å². The molecule has 1 spiro atoms. The predicted molar refractivity (Wildman–Crippen MR) is 104 cm³/mol. The quantitative estimate of drug-likeness (QED) is 0.532. The normalized spacial score (nSPS) is 39.4. The fourth-order valence-corrected chi connectivity index (χ4v) is 5.59. The van der Waals surface area contributed by atoms with Crippen LogP contribution in [0.3, 0.4) is 0 Å². The molecule has 4 N–H and O–H groups in total. The first-order chi connectivity index (χ1) is 12.0. The number of hydrogen-bond donors (Lipinski definition) is 3. The molecule has 5 nitrogen and oxygen atoms in total. The first kappa shape index (κ1) is 17.7. The summed E-state index contributed by atoms with van der Waals surface area (Å²) in [6.07, 6.45) is 2.95. The van der Waals surface area contributed by atoms with Gasteiger partial charge in [-0.2, -0.15) is 0 Å². The molecule has 0 saturated carbocycles. The molecule has 2 bridgehead atoms. The van der Waals surface area contributed by atoms with Gasteiger partial charge in [-0.1, -0.05) is 30.5 Å². The van der Waals surface area contributed by atoms with Crippen molar-refractivity contribution in [1.82, 2.24) is 4.72 Å². The molecule has 0 aromatic heterocycles. The number of halogens is 1. The minimum atomic E-state index is -0.148. The van der Waals surface area contributed by atoms with Crippen LogP contribution in [0.2, 0.25) is 5.02 Å². The van der Waals surface area contributed by atoms with E-state index in [0.717, 1.165) is 30.7 Å². The minimum Gasteiger partial charge on any atom is -0.398 e. The molecule has 3 heterocycles. The second-order valence-corrected chi connectivity index (χ2v) is 9.06. The van der Waals surface area contributed by atoms with Gasteiger partial charge in [0.1, 0.15) is 6.23 Å². The topological polar surface area (TPSA) is 68.5 Å². The van der Waals surface area contributed by atoms with E-state index in [1.807, 2.05) is 18.2 Å². The maximum absolute atomic E-state index is 6.63. The van der Waals surface area contributed by atoms with Crippen LogP contribution in [0.1, 0.15) is 33.1 Å². The van der Waals surface area contributed by atoms with E-state index < -0.39 is 0 Å². The number of nitrogens with one attached hydrogen (secondary N) is 2. The zero-order valence-corrected chi connectivity index (χ0v) is 16.3. The van der Waals surface area contributed by atoms with E-state index in [-0.39, 0.29) is 17.4 Å². The lowest BCUT2D eigenvalue weighted by atomic mass is 9.68. The van der Waals surface area contributed by atoms with Crippen LogP contribution in [0, 0.1) is 5.92 Å². The average Bonchev–Trinajstić information content (AvgIpc) is 3.03. The molecule has 3 fully saturated rings. The molecule has 0 radical (unpaired) electrons. The van der Waals surface area contributed by atoms with Crippen LogP contribution in [-0.4, -0.2) is 35.8 Å². The van der Waals surface area contributed by atoms with E-state index in [1.165, 1.54) is 0 Å². The number of fused-ring (bicyclic) bond motifs is 1. The predicted octanol–water partition coefficient (Wildman–Crippen LogP) is 3.64. The molecule has 25 heavy (non-hydrogen) atoms. The second kappa shape index (κ2) is 6.50. The van der Waals surface area contributed by atoms with Gasteiger partial charge in [0.15, 0.2) is 0 Å². The third-order valence-electron chi connectivity index (χ3n) is 5.78. The molecule has 3 unspecified atom stereocenters. The van der Waals surface area contributed by atoms with Gasteiger partial charge in [0, 0.05) is 29.8 Å². The summed E-state index contributed by atoms with van der Waals surface area (Å²) >= 11 is 7.94. The molecule has 3 saturated heterocycles. The van der Waals surface area contributed by atoms with Crippen LogP contribution < -0.4 is 15.8 Å². The Morgan fingerprint density at radius 1 is 1.40 bits per heavy atom. The molecule has 3 aliphatic heterocycles. The van der Waals surface area contributed by atoms with Gasteiger partial charge < -0.3 is 20.5 Å². The van der Waals surface area contributed by atoms with Crippen molar-refractivity contribution in [2.75, 3.05) is 23.4 Å². The summed E-state index contributed by atoms with van der Waals surface area (Å²) in [6, 6.07) is 6.00. The Morgan fingerprint density at radius 3 is 3.00 bits per heavy atom. The molecule has 1 aromatic carbocycles. The summed E-state index contributed by atoms with van der Waals surface area (Å²) in [5.74, 6) is 1.36.